The Hall–Kier alpha value is -4.21. The third kappa shape index (κ3) is 7.16. The second kappa shape index (κ2) is 11.2. The second-order valence-electron chi connectivity index (χ2n) is 8.95. The summed E-state index contributed by atoms with van der Waals surface area (Å²) >= 11 is 0. The first kappa shape index (κ1) is 27.4. The van der Waals surface area contributed by atoms with Gasteiger partial charge in [-0.05, 0) is 42.5 Å². The molecule has 0 radical (unpaired) electrons. The fraction of sp³-hybridized carbons (Fsp3) is 0.222. The first-order valence-corrected chi connectivity index (χ1v) is 11.2. The third-order valence-corrected chi connectivity index (χ3v) is 5.02. The van der Waals surface area contributed by atoms with Gasteiger partial charge < -0.3 is 0 Å². The van der Waals surface area contributed by atoms with Crippen molar-refractivity contribution in [2.24, 2.45) is 25.7 Å². The van der Waals surface area contributed by atoms with Crippen LogP contribution < -0.4 is 5.01 Å². The summed E-state index contributed by atoms with van der Waals surface area (Å²) in [6, 6.07) is 18.3. The monoisotopic (exact) mass is 511 g/mol. The normalized spacial score (nSPS) is 13.2. The van der Waals surface area contributed by atoms with Crippen LogP contribution in [0.4, 0.5) is 28.9 Å². The zero-order valence-corrected chi connectivity index (χ0v) is 20.7. The maximum absolute atomic E-state index is 13.6. The number of aliphatic imine (C=N–C) groups is 1. The molecule has 3 aromatic carbocycles. The SMILES string of the molecule is CN=C(/C(N=Nc1cccc(C(F)(F)F)c1)=N/N(C(=O)C(C)(C)C)c1ccc(F)cc1)c1ccccc1. The maximum atomic E-state index is 13.6. The van der Waals surface area contributed by atoms with Crippen molar-refractivity contribution < 1.29 is 22.4 Å². The summed E-state index contributed by atoms with van der Waals surface area (Å²) in [5, 5.41) is 13.6. The Morgan fingerprint density at radius 3 is 2.08 bits per heavy atom. The molecule has 10 heteroatoms. The number of anilines is 1. The van der Waals surface area contributed by atoms with E-state index in [1.807, 2.05) is 0 Å². The van der Waals surface area contributed by atoms with Crippen molar-refractivity contribution >= 4 is 28.8 Å². The van der Waals surface area contributed by atoms with Gasteiger partial charge in [-0.2, -0.15) is 18.2 Å². The summed E-state index contributed by atoms with van der Waals surface area (Å²) in [5.74, 6) is -1.07. The van der Waals surface area contributed by atoms with E-state index in [1.165, 1.54) is 43.4 Å². The van der Waals surface area contributed by atoms with E-state index in [1.54, 1.807) is 51.1 Å². The molecule has 192 valence electrons. The van der Waals surface area contributed by atoms with Crippen LogP contribution >= 0.6 is 0 Å². The molecule has 0 heterocycles. The average Bonchev–Trinajstić information content (AvgIpc) is 2.86. The maximum Gasteiger partial charge on any atom is 0.416 e. The van der Waals surface area contributed by atoms with Crippen LogP contribution in [0.25, 0.3) is 0 Å². The van der Waals surface area contributed by atoms with E-state index in [0.29, 0.717) is 5.56 Å². The van der Waals surface area contributed by atoms with E-state index in [0.717, 1.165) is 17.1 Å². The van der Waals surface area contributed by atoms with Crippen LogP contribution in [-0.2, 0) is 11.0 Å². The number of azo groups is 1. The van der Waals surface area contributed by atoms with Gasteiger partial charge in [0.05, 0.1) is 16.9 Å². The molecule has 0 fully saturated rings. The highest BCUT2D eigenvalue weighted by atomic mass is 19.4. The van der Waals surface area contributed by atoms with Crippen molar-refractivity contribution in [3.63, 3.8) is 0 Å². The van der Waals surface area contributed by atoms with Crippen LogP contribution in [0.3, 0.4) is 0 Å². The number of hydrogen-bond donors (Lipinski definition) is 0. The Morgan fingerprint density at radius 2 is 1.51 bits per heavy atom. The number of hydrogen-bond acceptors (Lipinski definition) is 4. The van der Waals surface area contributed by atoms with Gasteiger partial charge in [-0.25, -0.2) is 4.39 Å². The molecule has 0 atom stereocenters. The topological polar surface area (TPSA) is 69.8 Å². The number of alkyl halides is 3. The number of rotatable bonds is 5. The lowest BCUT2D eigenvalue weighted by atomic mass is 9.95. The van der Waals surface area contributed by atoms with E-state index in [4.69, 9.17) is 0 Å². The first-order valence-electron chi connectivity index (χ1n) is 11.2. The zero-order valence-electron chi connectivity index (χ0n) is 20.7. The number of carbonyl (C=O) groups excluding carboxylic acids is 1. The molecular formula is C27H25F4N5O. The van der Waals surface area contributed by atoms with Gasteiger partial charge in [0.2, 0.25) is 5.84 Å². The molecule has 37 heavy (non-hydrogen) atoms. The average molecular weight is 512 g/mol. The number of amidine groups is 1. The first-order chi connectivity index (χ1) is 17.4. The van der Waals surface area contributed by atoms with Gasteiger partial charge in [0.25, 0.3) is 5.91 Å². The fourth-order valence-corrected chi connectivity index (χ4v) is 3.13. The van der Waals surface area contributed by atoms with Gasteiger partial charge in [0.15, 0.2) is 0 Å². The van der Waals surface area contributed by atoms with Gasteiger partial charge in [-0.1, -0.05) is 57.2 Å². The van der Waals surface area contributed by atoms with Gasteiger partial charge in [0, 0.05) is 18.0 Å². The van der Waals surface area contributed by atoms with E-state index in [9.17, 15) is 22.4 Å². The van der Waals surface area contributed by atoms with Crippen LogP contribution in [0.5, 0.6) is 0 Å². The van der Waals surface area contributed by atoms with Crippen LogP contribution in [0.15, 0.2) is 99.2 Å². The van der Waals surface area contributed by atoms with E-state index < -0.39 is 28.9 Å². The van der Waals surface area contributed by atoms with E-state index >= 15 is 0 Å². The van der Waals surface area contributed by atoms with Crippen LogP contribution in [0.2, 0.25) is 0 Å². The standard InChI is InChI=1S/C27H25F4N5O/c1-26(2,3)25(37)36(22-15-13-20(28)14-16-22)35-24(23(32-4)18-9-6-5-7-10-18)34-33-21-12-8-11-19(17-21)27(29,30)31/h5-17H,1-4H3/b32-23?,34-33?,35-24-. The lowest BCUT2D eigenvalue weighted by molar-refractivity contribution is -0.137. The summed E-state index contributed by atoms with van der Waals surface area (Å²) in [6.07, 6.45) is -4.55. The molecule has 0 aliphatic carbocycles. The summed E-state index contributed by atoms with van der Waals surface area (Å²) in [4.78, 5) is 17.6. The zero-order chi connectivity index (χ0) is 27.2. The number of carbonyl (C=O) groups is 1. The lowest BCUT2D eigenvalue weighted by Crippen LogP contribution is -2.37. The Labute approximate surface area is 212 Å². The van der Waals surface area contributed by atoms with Gasteiger partial charge in [-0.15, -0.1) is 15.3 Å². The van der Waals surface area contributed by atoms with Crippen molar-refractivity contribution in [3.8, 4) is 0 Å². The summed E-state index contributed by atoms with van der Waals surface area (Å²) in [6.45, 7) is 5.08. The minimum Gasteiger partial charge on any atom is -0.284 e. The Morgan fingerprint density at radius 1 is 0.865 bits per heavy atom. The molecule has 3 aromatic rings. The van der Waals surface area contributed by atoms with Gasteiger partial charge in [-0.3, -0.25) is 9.79 Å². The highest BCUT2D eigenvalue weighted by molar-refractivity contribution is 6.48. The fourth-order valence-electron chi connectivity index (χ4n) is 3.13. The van der Waals surface area contributed by atoms with E-state index in [-0.39, 0.29) is 22.9 Å². The quantitative estimate of drug-likeness (QED) is 0.115. The molecule has 0 saturated carbocycles. The highest BCUT2D eigenvalue weighted by Crippen LogP contribution is 2.31. The molecule has 0 aliphatic rings. The van der Waals surface area contributed by atoms with Crippen LogP contribution in [0, 0.1) is 11.2 Å². The summed E-state index contributed by atoms with van der Waals surface area (Å²) in [5.41, 5.74) is -0.750. The molecule has 0 unspecified atom stereocenters. The predicted octanol–water partition coefficient (Wildman–Crippen LogP) is 7.44. The van der Waals surface area contributed by atoms with Crippen LogP contribution in [0.1, 0.15) is 31.9 Å². The Bertz CT molecular complexity index is 1330. The van der Waals surface area contributed by atoms with Gasteiger partial charge in [0.1, 0.15) is 11.5 Å². The van der Waals surface area contributed by atoms with E-state index in [2.05, 4.69) is 20.3 Å². The second-order valence-corrected chi connectivity index (χ2v) is 8.95. The van der Waals surface area contributed by atoms with Gasteiger partial charge >= 0.3 is 6.18 Å². The molecule has 1 amide bonds. The molecule has 6 nitrogen and oxygen atoms in total. The van der Waals surface area contributed by atoms with Crippen molar-refractivity contribution in [2.45, 2.75) is 26.9 Å². The number of halogens is 4. The van der Waals surface area contributed by atoms with Crippen LogP contribution in [-0.4, -0.2) is 24.5 Å². The Kier molecular flexibility index (Phi) is 8.31. The highest BCUT2D eigenvalue weighted by Gasteiger charge is 2.31. The molecule has 0 bridgehead atoms. The molecule has 3 rings (SSSR count). The van der Waals surface area contributed by atoms with Crippen molar-refractivity contribution in [1.82, 2.24) is 0 Å². The molecule has 0 saturated heterocycles. The number of benzene rings is 3. The summed E-state index contributed by atoms with van der Waals surface area (Å²) < 4.78 is 53.1. The van der Waals surface area contributed by atoms with Crippen molar-refractivity contribution in [2.75, 3.05) is 12.1 Å². The Balaban J connectivity index is 2.19. The molecule has 0 aliphatic heterocycles. The van der Waals surface area contributed by atoms with Crippen molar-refractivity contribution in [1.29, 1.82) is 0 Å². The number of amides is 1. The lowest BCUT2D eigenvalue weighted by Gasteiger charge is -2.26. The molecule has 0 spiro atoms. The van der Waals surface area contributed by atoms with Crippen molar-refractivity contribution in [3.05, 3.63) is 95.8 Å². The molecule has 0 aromatic heterocycles. The largest absolute Gasteiger partial charge is 0.416 e. The summed E-state index contributed by atoms with van der Waals surface area (Å²) in [7, 11) is 1.49. The number of hydrazone groups is 1. The third-order valence-electron chi connectivity index (χ3n) is 5.02. The number of nitrogens with zero attached hydrogens (tertiary/aromatic N) is 5. The minimum atomic E-state index is -4.55. The molecular weight excluding hydrogens is 486 g/mol. The minimum absolute atomic E-state index is 0.0680. The predicted molar refractivity (Wildman–Crippen MR) is 136 cm³/mol. The smallest absolute Gasteiger partial charge is 0.284 e. The molecule has 0 N–H and O–H groups in total.